The molecule has 7 heteroatoms. The third-order valence-corrected chi connectivity index (χ3v) is 4.50. The lowest BCUT2D eigenvalue weighted by molar-refractivity contribution is 0.244. The van der Waals surface area contributed by atoms with E-state index in [9.17, 15) is 4.79 Å². The molecule has 0 unspecified atom stereocenters. The van der Waals surface area contributed by atoms with Gasteiger partial charge >= 0.3 is 0 Å². The van der Waals surface area contributed by atoms with Gasteiger partial charge in [-0.15, -0.1) is 0 Å². The predicted octanol–water partition coefficient (Wildman–Crippen LogP) is 1.99. The average Bonchev–Trinajstić information content (AvgIpc) is 3.21. The molecular formula is C17H19N5O2. The largest absolute Gasteiger partial charge is 0.340 e. The highest BCUT2D eigenvalue weighted by atomic mass is 16.5. The minimum atomic E-state index is -0.0811. The Bertz CT molecular complexity index is 916. The Kier molecular flexibility index (Phi) is 3.86. The quantitative estimate of drug-likeness (QED) is 0.789. The number of para-hydroxylation sites is 1. The zero-order valence-electron chi connectivity index (χ0n) is 13.5. The van der Waals surface area contributed by atoms with Crippen molar-refractivity contribution in [1.82, 2.24) is 25.0 Å². The Balaban J connectivity index is 1.51. The lowest BCUT2D eigenvalue weighted by Crippen LogP contribution is -2.27. The Morgan fingerprint density at radius 1 is 1.33 bits per heavy atom. The van der Waals surface area contributed by atoms with Gasteiger partial charge in [-0.2, -0.15) is 4.98 Å². The molecule has 124 valence electrons. The molecule has 2 aromatic heterocycles. The van der Waals surface area contributed by atoms with Crippen molar-refractivity contribution in [3.63, 3.8) is 0 Å². The number of H-pyrrole nitrogens is 1. The summed E-state index contributed by atoms with van der Waals surface area (Å²) in [5.74, 6) is 2.07. The van der Waals surface area contributed by atoms with Crippen molar-refractivity contribution in [3.8, 4) is 0 Å². The summed E-state index contributed by atoms with van der Waals surface area (Å²) in [4.78, 5) is 26.3. The molecular weight excluding hydrogens is 306 g/mol. The van der Waals surface area contributed by atoms with Crippen LogP contribution in [0.1, 0.15) is 36.4 Å². The standard InChI is InChI=1S/C17H19N5O2/c1-11-18-16(21-24-11)14-7-4-9-22(14)10-8-15-19-13-6-3-2-5-12(13)17(23)20-15/h2-3,5-6,14H,4,7-10H2,1H3,(H,19,20,23)/t14-/m1/s1. The van der Waals surface area contributed by atoms with E-state index in [1.807, 2.05) is 18.2 Å². The number of hydrogen-bond donors (Lipinski definition) is 1. The molecule has 0 radical (unpaired) electrons. The summed E-state index contributed by atoms with van der Waals surface area (Å²) in [5.41, 5.74) is 0.658. The number of likely N-dealkylation sites (tertiary alicyclic amines) is 1. The molecule has 7 nitrogen and oxygen atoms in total. The van der Waals surface area contributed by atoms with E-state index in [0.29, 0.717) is 23.5 Å². The third-order valence-electron chi connectivity index (χ3n) is 4.50. The summed E-state index contributed by atoms with van der Waals surface area (Å²) in [6.07, 6.45) is 2.83. The number of hydrogen-bond acceptors (Lipinski definition) is 6. The van der Waals surface area contributed by atoms with Crippen LogP contribution in [-0.4, -0.2) is 38.1 Å². The summed E-state index contributed by atoms with van der Waals surface area (Å²) >= 11 is 0. The molecule has 1 saturated heterocycles. The van der Waals surface area contributed by atoms with Gasteiger partial charge in [0.1, 0.15) is 5.82 Å². The van der Waals surface area contributed by atoms with E-state index < -0.39 is 0 Å². The van der Waals surface area contributed by atoms with Crippen molar-refractivity contribution >= 4 is 10.9 Å². The molecule has 1 fully saturated rings. The summed E-state index contributed by atoms with van der Waals surface area (Å²) < 4.78 is 5.10. The Labute approximate surface area is 138 Å². The van der Waals surface area contributed by atoms with Gasteiger partial charge in [-0.1, -0.05) is 17.3 Å². The molecule has 1 aliphatic rings. The molecule has 4 rings (SSSR count). The molecule has 1 atom stereocenters. The van der Waals surface area contributed by atoms with E-state index >= 15 is 0 Å². The van der Waals surface area contributed by atoms with Gasteiger partial charge in [-0.25, -0.2) is 4.98 Å². The Hall–Kier alpha value is -2.54. The summed E-state index contributed by atoms with van der Waals surface area (Å²) in [5, 5.41) is 4.68. The minimum absolute atomic E-state index is 0.0811. The average molecular weight is 325 g/mol. The fraction of sp³-hybridized carbons (Fsp3) is 0.412. The van der Waals surface area contributed by atoms with Crippen molar-refractivity contribution in [2.45, 2.75) is 32.2 Å². The Morgan fingerprint density at radius 2 is 2.21 bits per heavy atom. The maximum atomic E-state index is 12.1. The second-order valence-corrected chi connectivity index (χ2v) is 6.15. The maximum absolute atomic E-state index is 12.1. The third kappa shape index (κ3) is 2.82. The second-order valence-electron chi connectivity index (χ2n) is 6.15. The van der Waals surface area contributed by atoms with Crippen LogP contribution in [0.4, 0.5) is 0 Å². The molecule has 0 bridgehead atoms. The normalized spacial score (nSPS) is 18.5. The number of fused-ring (bicyclic) bond motifs is 1. The molecule has 1 aliphatic heterocycles. The van der Waals surface area contributed by atoms with Crippen LogP contribution in [0.15, 0.2) is 33.6 Å². The van der Waals surface area contributed by atoms with Crippen LogP contribution in [0.2, 0.25) is 0 Å². The molecule has 1 aromatic carbocycles. The van der Waals surface area contributed by atoms with Crippen molar-refractivity contribution in [2.24, 2.45) is 0 Å². The second kappa shape index (κ2) is 6.16. The summed E-state index contributed by atoms with van der Waals surface area (Å²) in [6, 6.07) is 7.60. The van der Waals surface area contributed by atoms with Gasteiger partial charge in [0.25, 0.3) is 5.56 Å². The molecule has 0 spiro atoms. The number of aryl methyl sites for hydroxylation is 1. The van der Waals surface area contributed by atoms with E-state index in [1.165, 1.54) is 0 Å². The van der Waals surface area contributed by atoms with E-state index in [2.05, 4.69) is 25.0 Å². The van der Waals surface area contributed by atoms with Crippen LogP contribution in [-0.2, 0) is 6.42 Å². The van der Waals surface area contributed by atoms with E-state index in [4.69, 9.17) is 4.52 Å². The van der Waals surface area contributed by atoms with Gasteiger partial charge in [-0.3, -0.25) is 9.69 Å². The van der Waals surface area contributed by atoms with Crippen LogP contribution >= 0.6 is 0 Å². The van der Waals surface area contributed by atoms with E-state index in [0.717, 1.165) is 37.3 Å². The molecule has 3 aromatic rings. The van der Waals surface area contributed by atoms with Crippen molar-refractivity contribution in [3.05, 3.63) is 52.2 Å². The zero-order valence-corrected chi connectivity index (χ0v) is 13.5. The van der Waals surface area contributed by atoms with Crippen LogP contribution in [0, 0.1) is 6.92 Å². The SMILES string of the molecule is Cc1nc([C@H]2CCCN2CCc2nc3ccccc3c(=O)[nH]2)no1. The lowest BCUT2D eigenvalue weighted by atomic mass is 10.2. The van der Waals surface area contributed by atoms with Crippen LogP contribution in [0.3, 0.4) is 0 Å². The van der Waals surface area contributed by atoms with Crippen molar-refractivity contribution in [1.29, 1.82) is 0 Å². The lowest BCUT2D eigenvalue weighted by Gasteiger charge is -2.21. The van der Waals surface area contributed by atoms with Gasteiger partial charge in [0.05, 0.1) is 16.9 Å². The highest BCUT2D eigenvalue weighted by molar-refractivity contribution is 5.77. The number of nitrogens with one attached hydrogen (secondary N) is 1. The van der Waals surface area contributed by atoms with E-state index in [1.54, 1.807) is 13.0 Å². The first-order valence-corrected chi connectivity index (χ1v) is 8.23. The summed E-state index contributed by atoms with van der Waals surface area (Å²) in [7, 11) is 0. The molecule has 0 amide bonds. The van der Waals surface area contributed by atoms with Gasteiger partial charge in [0.15, 0.2) is 5.82 Å². The van der Waals surface area contributed by atoms with Gasteiger partial charge in [-0.05, 0) is 31.5 Å². The molecule has 0 saturated carbocycles. The van der Waals surface area contributed by atoms with Crippen LogP contribution in [0.5, 0.6) is 0 Å². The highest BCUT2D eigenvalue weighted by Gasteiger charge is 2.29. The van der Waals surface area contributed by atoms with Gasteiger partial charge < -0.3 is 9.51 Å². The molecule has 24 heavy (non-hydrogen) atoms. The maximum Gasteiger partial charge on any atom is 0.258 e. The molecule has 3 heterocycles. The fourth-order valence-electron chi connectivity index (χ4n) is 3.34. The Morgan fingerprint density at radius 3 is 3.04 bits per heavy atom. The van der Waals surface area contributed by atoms with Crippen molar-refractivity contribution < 1.29 is 4.52 Å². The molecule has 0 aliphatic carbocycles. The van der Waals surface area contributed by atoms with Crippen molar-refractivity contribution in [2.75, 3.05) is 13.1 Å². The first kappa shape index (κ1) is 15.0. The summed E-state index contributed by atoms with van der Waals surface area (Å²) in [6.45, 7) is 3.61. The topological polar surface area (TPSA) is 87.9 Å². The monoisotopic (exact) mass is 325 g/mol. The number of rotatable bonds is 4. The zero-order chi connectivity index (χ0) is 16.5. The smallest absolute Gasteiger partial charge is 0.258 e. The highest BCUT2D eigenvalue weighted by Crippen LogP contribution is 2.29. The molecule has 1 N–H and O–H groups in total. The number of aromatic amines is 1. The number of benzene rings is 1. The van der Waals surface area contributed by atoms with Gasteiger partial charge in [0, 0.05) is 19.9 Å². The number of nitrogens with zero attached hydrogens (tertiary/aromatic N) is 4. The first-order valence-electron chi connectivity index (χ1n) is 8.23. The number of aromatic nitrogens is 4. The van der Waals surface area contributed by atoms with Crippen LogP contribution < -0.4 is 5.56 Å². The van der Waals surface area contributed by atoms with Gasteiger partial charge in [0.2, 0.25) is 5.89 Å². The fourth-order valence-corrected chi connectivity index (χ4v) is 3.34. The first-order chi connectivity index (χ1) is 11.7. The van der Waals surface area contributed by atoms with Crippen LogP contribution in [0.25, 0.3) is 10.9 Å². The predicted molar refractivity (Wildman–Crippen MR) is 88.7 cm³/mol. The minimum Gasteiger partial charge on any atom is -0.340 e. The van der Waals surface area contributed by atoms with E-state index in [-0.39, 0.29) is 11.6 Å².